The van der Waals surface area contributed by atoms with Gasteiger partial charge in [-0.25, -0.2) is 4.98 Å². The van der Waals surface area contributed by atoms with E-state index in [-0.39, 0.29) is 0 Å². The first-order valence-corrected chi connectivity index (χ1v) is 6.80. The Morgan fingerprint density at radius 1 is 1.32 bits per heavy atom. The monoisotopic (exact) mass is 273 g/mol. The highest BCUT2D eigenvalue weighted by Crippen LogP contribution is 2.38. The molecule has 3 rings (SSSR count). The Labute approximate surface area is 117 Å². The number of nitrogens with two attached hydrogens (primary N) is 1. The van der Waals surface area contributed by atoms with Gasteiger partial charge in [-0.3, -0.25) is 0 Å². The smallest absolute Gasteiger partial charge is 0.126 e. The minimum absolute atomic E-state index is 0.326. The van der Waals surface area contributed by atoms with Gasteiger partial charge in [-0.15, -0.1) is 0 Å². The van der Waals surface area contributed by atoms with E-state index in [0.717, 1.165) is 29.4 Å². The van der Waals surface area contributed by atoms with Crippen LogP contribution in [0.25, 0.3) is 0 Å². The summed E-state index contributed by atoms with van der Waals surface area (Å²) in [6.07, 6.45) is 2.99. The van der Waals surface area contributed by atoms with Gasteiger partial charge < -0.3 is 11.1 Å². The zero-order valence-electron chi connectivity index (χ0n) is 10.5. The van der Waals surface area contributed by atoms with E-state index in [1.807, 2.05) is 36.5 Å². The van der Waals surface area contributed by atoms with E-state index in [2.05, 4.69) is 16.4 Å². The van der Waals surface area contributed by atoms with Gasteiger partial charge in [-0.1, -0.05) is 29.8 Å². The van der Waals surface area contributed by atoms with Crippen molar-refractivity contribution in [2.24, 2.45) is 5.73 Å². The minimum atomic E-state index is 0.326. The molecule has 0 unspecified atom stereocenters. The molecular weight excluding hydrogens is 258 g/mol. The summed E-state index contributed by atoms with van der Waals surface area (Å²) < 4.78 is 0. The maximum atomic E-state index is 5.95. The molecular formula is C15H16ClN3. The summed E-state index contributed by atoms with van der Waals surface area (Å²) in [5.74, 6) is 1.38. The summed E-state index contributed by atoms with van der Waals surface area (Å²) in [4.78, 5) is 4.41. The number of pyridine rings is 1. The molecule has 1 heterocycles. The standard InChI is InChI=1S/C15H16ClN3/c16-12-3-1-2-10(6-12)8-18-15-5-4-11(9-19-15)13-7-14(13)17/h1-6,9,13-14H,7-8,17H2,(H,18,19)/t13-,14+/m1/s1. The summed E-state index contributed by atoms with van der Waals surface area (Å²) in [6, 6.07) is 12.2. The van der Waals surface area contributed by atoms with E-state index < -0.39 is 0 Å². The Kier molecular flexibility index (Phi) is 3.40. The normalized spacial score (nSPS) is 21.2. The Morgan fingerprint density at radius 2 is 2.16 bits per heavy atom. The molecule has 98 valence electrons. The molecule has 2 aromatic rings. The van der Waals surface area contributed by atoms with Crippen LogP contribution in [0.4, 0.5) is 5.82 Å². The summed E-state index contributed by atoms with van der Waals surface area (Å²) in [5, 5.41) is 4.04. The van der Waals surface area contributed by atoms with Crippen molar-refractivity contribution >= 4 is 17.4 Å². The van der Waals surface area contributed by atoms with Crippen LogP contribution in [0.5, 0.6) is 0 Å². The summed E-state index contributed by atoms with van der Waals surface area (Å²) in [7, 11) is 0. The van der Waals surface area contributed by atoms with Gasteiger partial charge in [0, 0.05) is 29.7 Å². The van der Waals surface area contributed by atoms with Gasteiger partial charge in [-0.2, -0.15) is 0 Å². The molecule has 0 amide bonds. The van der Waals surface area contributed by atoms with E-state index in [9.17, 15) is 0 Å². The fourth-order valence-corrected chi connectivity index (χ4v) is 2.38. The lowest BCUT2D eigenvalue weighted by Crippen LogP contribution is -2.03. The molecule has 3 N–H and O–H groups in total. The van der Waals surface area contributed by atoms with Crippen LogP contribution in [0.15, 0.2) is 42.6 Å². The maximum Gasteiger partial charge on any atom is 0.126 e. The number of nitrogens with one attached hydrogen (secondary N) is 1. The molecule has 1 aromatic carbocycles. The van der Waals surface area contributed by atoms with Gasteiger partial charge in [0.05, 0.1) is 0 Å². The second-order valence-electron chi connectivity index (χ2n) is 4.97. The van der Waals surface area contributed by atoms with Crippen molar-refractivity contribution in [1.29, 1.82) is 0 Å². The van der Waals surface area contributed by atoms with Crippen LogP contribution in [0, 0.1) is 0 Å². The lowest BCUT2D eigenvalue weighted by Gasteiger charge is -2.07. The van der Waals surface area contributed by atoms with Crippen LogP contribution in [-0.4, -0.2) is 11.0 Å². The van der Waals surface area contributed by atoms with Gasteiger partial charge in [-0.05, 0) is 35.7 Å². The zero-order chi connectivity index (χ0) is 13.2. The fourth-order valence-electron chi connectivity index (χ4n) is 2.17. The van der Waals surface area contributed by atoms with E-state index in [0.29, 0.717) is 12.0 Å². The molecule has 19 heavy (non-hydrogen) atoms. The molecule has 2 atom stereocenters. The highest BCUT2D eigenvalue weighted by molar-refractivity contribution is 6.30. The third-order valence-corrected chi connectivity index (χ3v) is 3.65. The molecule has 0 saturated heterocycles. The van der Waals surface area contributed by atoms with Crippen molar-refractivity contribution in [1.82, 2.24) is 4.98 Å². The average molecular weight is 274 g/mol. The van der Waals surface area contributed by atoms with Crippen LogP contribution in [0.3, 0.4) is 0 Å². The number of halogens is 1. The topological polar surface area (TPSA) is 50.9 Å². The third-order valence-electron chi connectivity index (χ3n) is 3.42. The van der Waals surface area contributed by atoms with Crippen molar-refractivity contribution in [3.63, 3.8) is 0 Å². The van der Waals surface area contributed by atoms with Crippen LogP contribution in [-0.2, 0) is 6.54 Å². The molecule has 1 saturated carbocycles. The Morgan fingerprint density at radius 3 is 2.79 bits per heavy atom. The Bertz CT molecular complexity index is 568. The number of nitrogens with zero attached hydrogens (tertiary/aromatic N) is 1. The quantitative estimate of drug-likeness (QED) is 0.900. The first kappa shape index (κ1) is 12.5. The van der Waals surface area contributed by atoms with Crippen molar-refractivity contribution in [2.75, 3.05) is 5.32 Å². The van der Waals surface area contributed by atoms with Crippen molar-refractivity contribution in [2.45, 2.75) is 24.9 Å². The first-order chi connectivity index (χ1) is 9.22. The molecule has 0 bridgehead atoms. The van der Waals surface area contributed by atoms with Crippen molar-refractivity contribution in [3.8, 4) is 0 Å². The van der Waals surface area contributed by atoms with E-state index in [4.69, 9.17) is 17.3 Å². The Balaban J connectivity index is 1.61. The van der Waals surface area contributed by atoms with Gasteiger partial charge in [0.25, 0.3) is 0 Å². The molecule has 4 heteroatoms. The number of rotatable bonds is 4. The Hall–Kier alpha value is -1.58. The van der Waals surface area contributed by atoms with Crippen LogP contribution < -0.4 is 11.1 Å². The minimum Gasteiger partial charge on any atom is -0.366 e. The first-order valence-electron chi connectivity index (χ1n) is 6.42. The van der Waals surface area contributed by atoms with E-state index in [1.165, 1.54) is 5.56 Å². The van der Waals surface area contributed by atoms with Crippen LogP contribution in [0.1, 0.15) is 23.5 Å². The summed E-state index contributed by atoms with van der Waals surface area (Å²) in [6.45, 7) is 0.718. The highest BCUT2D eigenvalue weighted by atomic mass is 35.5. The number of aromatic nitrogens is 1. The number of anilines is 1. The van der Waals surface area contributed by atoms with E-state index >= 15 is 0 Å². The molecule has 1 aromatic heterocycles. The van der Waals surface area contributed by atoms with Crippen LogP contribution >= 0.6 is 11.6 Å². The lowest BCUT2D eigenvalue weighted by atomic mass is 10.2. The summed E-state index contributed by atoms with van der Waals surface area (Å²) >= 11 is 5.95. The lowest BCUT2D eigenvalue weighted by molar-refractivity contribution is 0.978. The van der Waals surface area contributed by atoms with Gasteiger partial charge in [0.2, 0.25) is 0 Å². The van der Waals surface area contributed by atoms with Crippen molar-refractivity contribution in [3.05, 3.63) is 58.7 Å². The average Bonchev–Trinajstić information content (AvgIpc) is 3.14. The number of hydrogen-bond acceptors (Lipinski definition) is 3. The van der Waals surface area contributed by atoms with Gasteiger partial charge >= 0.3 is 0 Å². The SMILES string of the molecule is N[C@H]1C[C@@H]1c1ccc(NCc2cccc(Cl)c2)nc1. The van der Waals surface area contributed by atoms with Gasteiger partial charge in [0.15, 0.2) is 0 Å². The molecule has 0 spiro atoms. The fraction of sp³-hybridized carbons (Fsp3) is 0.267. The van der Waals surface area contributed by atoms with Crippen molar-refractivity contribution < 1.29 is 0 Å². The van der Waals surface area contributed by atoms with Crippen LogP contribution in [0.2, 0.25) is 5.02 Å². The summed E-state index contributed by atoms with van der Waals surface area (Å²) in [5.41, 5.74) is 8.21. The molecule has 1 aliphatic rings. The van der Waals surface area contributed by atoms with E-state index in [1.54, 1.807) is 0 Å². The number of hydrogen-bond donors (Lipinski definition) is 2. The molecule has 0 radical (unpaired) electrons. The third kappa shape index (κ3) is 3.06. The van der Waals surface area contributed by atoms with Gasteiger partial charge in [0.1, 0.15) is 5.82 Å². The maximum absolute atomic E-state index is 5.95. The largest absolute Gasteiger partial charge is 0.366 e. The second-order valence-corrected chi connectivity index (χ2v) is 5.40. The zero-order valence-corrected chi connectivity index (χ0v) is 11.3. The molecule has 3 nitrogen and oxygen atoms in total. The molecule has 0 aliphatic heterocycles. The predicted molar refractivity (Wildman–Crippen MR) is 78.3 cm³/mol. The highest BCUT2D eigenvalue weighted by Gasteiger charge is 2.34. The molecule has 1 aliphatic carbocycles. The predicted octanol–water partition coefficient (Wildman–Crippen LogP) is 3.16. The number of benzene rings is 1. The molecule has 1 fully saturated rings. The second kappa shape index (κ2) is 5.19.